The van der Waals surface area contributed by atoms with Gasteiger partial charge in [-0.05, 0) is 48.7 Å². The van der Waals surface area contributed by atoms with Gasteiger partial charge in [-0.2, -0.15) is 0 Å². The molecule has 32 heavy (non-hydrogen) atoms. The normalized spacial score (nSPS) is 20.8. The van der Waals surface area contributed by atoms with Gasteiger partial charge in [-0.15, -0.1) is 0 Å². The van der Waals surface area contributed by atoms with Crippen LogP contribution in [0, 0.1) is 0 Å². The Morgan fingerprint density at radius 3 is 2.31 bits per heavy atom. The number of rotatable bonds is 5. The number of fused-ring (bicyclic) bond motifs is 1. The molecule has 3 aromatic rings. The van der Waals surface area contributed by atoms with Gasteiger partial charge in [0.15, 0.2) is 0 Å². The molecule has 4 nitrogen and oxygen atoms in total. The molecule has 0 saturated carbocycles. The van der Waals surface area contributed by atoms with E-state index in [0.717, 1.165) is 28.2 Å². The molecule has 0 unspecified atom stereocenters. The summed E-state index contributed by atoms with van der Waals surface area (Å²) in [4.78, 5) is 24.4. The molecule has 0 N–H and O–H groups in total. The maximum absolute atomic E-state index is 12.9. The van der Waals surface area contributed by atoms with Crippen molar-refractivity contribution in [3.63, 3.8) is 0 Å². The van der Waals surface area contributed by atoms with Crippen molar-refractivity contribution in [3.05, 3.63) is 95.8 Å². The van der Waals surface area contributed by atoms with E-state index in [1.807, 2.05) is 69.3 Å². The first-order chi connectivity index (χ1) is 15.4. The predicted octanol–water partition coefficient (Wildman–Crippen LogP) is 5.92. The van der Waals surface area contributed by atoms with E-state index < -0.39 is 17.7 Å². The first-order valence-electron chi connectivity index (χ1n) is 10.9. The maximum atomic E-state index is 12.9. The number of carbonyl (C=O) groups excluding carboxylic acids is 2. The molecule has 4 rings (SSSR count). The molecule has 4 heteroatoms. The second-order valence-corrected chi connectivity index (χ2v) is 9.16. The fourth-order valence-electron chi connectivity index (χ4n) is 4.32. The summed E-state index contributed by atoms with van der Waals surface area (Å²) in [6.45, 7) is 5.47. The molecule has 0 spiro atoms. The van der Waals surface area contributed by atoms with E-state index in [9.17, 15) is 9.59 Å². The van der Waals surface area contributed by atoms with Gasteiger partial charge in [-0.3, -0.25) is 0 Å². The van der Waals surface area contributed by atoms with Gasteiger partial charge >= 0.3 is 5.97 Å². The van der Waals surface area contributed by atoms with Crippen molar-refractivity contribution in [2.45, 2.75) is 50.7 Å². The zero-order valence-corrected chi connectivity index (χ0v) is 18.7. The van der Waals surface area contributed by atoms with Crippen LogP contribution < -0.4 is 0 Å². The van der Waals surface area contributed by atoms with Crippen molar-refractivity contribution in [1.29, 1.82) is 0 Å². The molecule has 0 fully saturated rings. The summed E-state index contributed by atoms with van der Waals surface area (Å²) in [5, 5.41) is 2.28. The Bertz CT molecular complexity index is 1140. The number of ether oxygens (including phenoxy) is 2. The molecule has 0 aromatic heterocycles. The zero-order valence-electron chi connectivity index (χ0n) is 18.7. The summed E-state index contributed by atoms with van der Waals surface area (Å²) in [6, 6.07) is 24.6. The molecule has 1 aliphatic heterocycles. The monoisotopic (exact) mass is 428 g/mol. The summed E-state index contributed by atoms with van der Waals surface area (Å²) in [6.07, 6.45) is 2.41. The average Bonchev–Trinajstić information content (AvgIpc) is 2.78. The molecular formula is C28H28O4. The third-order valence-corrected chi connectivity index (χ3v) is 5.67. The highest BCUT2D eigenvalue weighted by Gasteiger charge is 2.39. The third kappa shape index (κ3) is 4.75. The van der Waals surface area contributed by atoms with E-state index in [1.54, 1.807) is 0 Å². The van der Waals surface area contributed by atoms with E-state index in [2.05, 4.69) is 30.3 Å². The molecule has 0 aliphatic carbocycles. The molecule has 0 amide bonds. The molecule has 0 saturated heterocycles. The van der Waals surface area contributed by atoms with Crippen molar-refractivity contribution in [3.8, 4) is 0 Å². The van der Waals surface area contributed by atoms with Gasteiger partial charge in [0.25, 0.3) is 0 Å². The van der Waals surface area contributed by atoms with Crippen LogP contribution in [0.5, 0.6) is 0 Å². The summed E-state index contributed by atoms with van der Waals surface area (Å²) >= 11 is 0. The van der Waals surface area contributed by atoms with E-state index in [-0.39, 0.29) is 24.0 Å². The van der Waals surface area contributed by atoms with Gasteiger partial charge in [0.1, 0.15) is 18.0 Å². The van der Waals surface area contributed by atoms with Crippen LogP contribution in [0.25, 0.3) is 10.8 Å². The standard InChI is InChI=1S/C28H28O4/c1-28(2,3)32-27(30)25-18-23(20-10-5-4-6-11-20)26(24(31-25)15-16-29)22-14-13-19-9-7-8-12-21(19)17-22/h4-14,16-18,23-24,26H,15H2,1-3H3/t23-,24+,26-/m0/s1. The molecule has 1 aliphatic rings. The number of allylic oxidation sites excluding steroid dienone is 1. The lowest BCUT2D eigenvalue weighted by Gasteiger charge is -2.37. The van der Waals surface area contributed by atoms with Crippen LogP contribution in [0.1, 0.15) is 50.2 Å². The van der Waals surface area contributed by atoms with Crippen molar-refractivity contribution >= 4 is 23.0 Å². The Labute approximate surface area is 188 Å². The Morgan fingerprint density at radius 2 is 1.62 bits per heavy atom. The summed E-state index contributed by atoms with van der Waals surface area (Å²) < 4.78 is 11.7. The third-order valence-electron chi connectivity index (χ3n) is 5.67. The quantitative estimate of drug-likeness (QED) is 0.374. The first kappa shape index (κ1) is 21.8. The number of carbonyl (C=O) groups is 2. The number of esters is 1. The second kappa shape index (κ2) is 8.99. The molecule has 0 bridgehead atoms. The SMILES string of the molecule is CC(C)(C)OC(=O)C1=C[C@@H](c2ccccc2)[C@H](c2ccc3ccccc3c2)[C@@H](CC=O)O1. The second-order valence-electron chi connectivity index (χ2n) is 9.16. The van der Waals surface area contributed by atoms with Crippen LogP contribution >= 0.6 is 0 Å². The highest BCUT2D eigenvalue weighted by atomic mass is 16.6. The minimum Gasteiger partial charge on any atom is -0.482 e. The van der Waals surface area contributed by atoms with E-state index in [0.29, 0.717) is 0 Å². The predicted molar refractivity (Wildman–Crippen MR) is 125 cm³/mol. The van der Waals surface area contributed by atoms with Gasteiger partial charge in [0.05, 0.1) is 0 Å². The summed E-state index contributed by atoms with van der Waals surface area (Å²) in [5.74, 6) is -0.610. The van der Waals surface area contributed by atoms with Crippen molar-refractivity contribution in [2.24, 2.45) is 0 Å². The summed E-state index contributed by atoms with van der Waals surface area (Å²) in [7, 11) is 0. The zero-order chi connectivity index (χ0) is 22.7. The Balaban J connectivity index is 1.82. The Hall–Kier alpha value is -3.40. The first-order valence-corrected chi connectivity index (χ1v) is 10.9. The molecule has 3 aromatic carbocycles. The molecule has 1 heterocycles. The molecule has 3 atom stereocenters. The van der Waals surface area contributed by atoms with Crippen molar-refractivity contribution in [2.75, 3.05) is 0 Å². The van der Waals surface area contributed by atoms with Crippen LogP contribution in [0.4, 0.5) is 0 Å². The van der Waals surface area contributed by atoms with E-state index in [4.69, 9.17) is 9.47 Å². The maximum Gasteiger partial charge on any atom is 0.373 e. The minimum atomic E-state index is -0.640. The van der Waals surface area contributed by atoms with E-state index in [1.165, 1.54) is 0 Å². The van der Waals surface area contributed by atoms with Crippen molar-refractivity contribution in [1.82, 2.24) is 0 Å². The molecule has 0 radical (unpaired) electrons. The van der Waals surface area contributed by atoms with Crippen LogP contribution in [0.2, 0.25) is 0 Å². The number of hydrogen-bond donors (Lipinski definition) is 0. The fourth-order valence-corrected chi connectivity index (χ4v) is 4.32. The van der Waals surface area contributed by atoms with Crippen LogP contribution in [0.15, 0.2) is 84.6 Å². The van der Waals surface area contributed by atoms with Crippen LogP contribution in [-0.4, -0.2) is 24.0 Å². The Morgan fingerprint density at radius 1 is 0.938 bits per heavy atom. The summed E-state index contributed by atoms with van der Waals surface area (Å²) in [5.41, 5.74) is 1.49. The average molecular weight is 429 g/mol. The van der Waals surface area contributed by atoms with Gasteiger partial charge in [0, 0.05) is 18.3 Å². The molecule has 164 valence electrons. The number of hydrogen-bond acceptors (Lipinski definition) is 4. The van der Waals surface area contributed by atoms with Crippen molar-refractivity contribution < 1.29 is 19.1 Å². The fraction of sp³-hybridized carbons (Fsp3) is 0.286. The highest BCUT2D eigenvalue weighted by Crippen LogP contribution is 2.44. The largest absolute Gasteiger partial charge is 0.482 e. The van der Waals surface area contributed by atoms with Gasteiger partial charge in [-0.1, -0.05) is 72.8 Å². The lowest BCUT2D eigenvalue weighted by atomic mass is 9.75. The van der Waals surface area contributed by atoms with Crippen LogP contribution in [-0.2, 0) is 19.1 Å². The Kier molecular flexibility index (Phi) is 6.13. The van der Waals surface area contributed by atoms with Gasteiger partial charge in [-0.25, -0.2) is 4.79 Å². The van der Waals surface area contributed by atoms with Gasteiger partial charge < -0.3 is 14.3 Å². The smallest absolute Gasteiger partial charge is 0.373 e. The number of aldehydes is 1. The van der Waals surface area contributed by atoms with E-state index >= 15 is 0 Å². The van der Waals surface area contributed by atoms with Gasteiger partial charge in [0.2, 0.25) is 5.76 Å². The van der Waals surface area contributed by atoms with Crippen LogP contribution in [0.3, 0.4) is 0 Å². The lowest BCUT2D eigenvalue weighted by Crippen LogP contribution is -2.35. The minimum absolute atomic E-state index is 0.126. The highest BCUT2D eigenvalue weighted by molar-refractivity contribution is 5.87. The number of benzene rings is 3. The molecular weight excluding hydrogens is 400 g/mol. The topological polar surface area (TPSA) is 52.6 Å². The lowest BCUT2D eigenvalue weighted by molar-refractivity contribution is -0.156.